The molecule has 0 unspecified atom stereocenters. The van der Waals surface area contributed by atoms with Gasteiger partial charge in [0.15, 0.2) is 5.13 Å². The minimum atomic E-state index is -0.0696. The van der Waals surface area contributed by atoms with Gasteiger partial charge in [-0.25, -0.2) is 9.97 Å². The van der Waals surface area contributed by atoms with Crippen molar-refractivity contribution in [3.8, 4) is 5.13 Å². The van der Waals surface area contributed by atoms with Gasteiger partial charge in [-0.05, 0) is 24.3 Å². The van der Waals surface area contributed by atoms with Gasteiger partial charge in [-0.1, -0.05) is 12.1 Å². The van der Waals surface area contributed by atoms with Gasteiger partial charge in [0.2, 0.25) is 5.91 Å². The minimum Gasteiger partial charge on any atom is -0.349 e. The molecule has 0 aliphatic rings. The van der Waals surface area contributed by atoms with Gasteiger partial charge in [0, 0.05) is 17.8 Å². The molecule has 2 N–H and O–H groups in total. The van der Waals surface area contributed by atoms with E-state index in [-0.39, 0.29) is 12.3 Å². The first-order valence-electron chi connectivity index (χ1n) is 7.56. The maximum Gasteiger partial charge on any atom is 0.226 e. The van der Waals surface area contributed by atoms with Gasteiger partial charge in [-0.15, -0.1) is 11.3 Å². The molecule has 0 aliphatic heterocycles. The topological polar surface area (TPSA) is 75.6 Å². The van der Waals surface area contributed by atoms with Crippen LogP contribution in [0.4, 0.5) is 0 Å². The number of benzene rings is 1. The summed E-state index contributed by atoms with van der Waals surface area (Å²) in [4.78, 5) is 24.2. The SMILES string of the molecule is O=C(Cc1csc(-n2cccc2)n1)NCc1nc2ccccc2[nH]1. The Hall–Kier alpha value is -2.93. The van der Waals surface area contributed by atoms with E-state index in [1.165, 1.54) is 11.3 Å². The number of fused-ring (bicyclic) bond motifs is 1. The van der Waals surface area contributed by atoms with E-state index in [4.69, 9.17) is 0 Å². The molecule has 0 radical (unpaired) electrons. The fraction of sp³-hybridized carbons (Fsp3) is 0.118. The summed E-state index contributed by atoms with van der Waals surface area (Å²) in [5.74, 6) is 0.677. The van der Waals surface area contributed by atoms with Gasteiger partial charge < -0.3 is 14.9 Å². The first-order valence-corrected chi connectivity index (χ1v) is 8.44. The maximum absolute atomic E-state index is 12.1. The molecular weight excluding hydrogens is 322 g/mol. The van der Waals surface area contributed by atoms with Crippen molar-refractivity contribution in [3.05, 3.63) is 65.7 Å². The summed E-state index contributed by atoms with van der Waals surface area (Å²) >= 11 is 1.52. The van der Waals surface area contributed by atoms with Crippen molar-refractivity contribution in [1.82, 2.24) is 24.8 Å². The molecule has 6 nitrogen and oxygen atoms in total. The quantitative estimate of drug-likeness (QED) is 0.588. The molecule has 7 heteroatoms. The number of aromatic nitrogens is 4. The van der Waals surface area contributed by atoms with Crippen LogP contribution in [0.1, 0.15) is 11.5 Å². The van der Waals surface area contributed by atoms with E-state index in [0.717, 1.165) is 27.7 Å². The molecule has 0 saturated heterocycles. The highest BCUT2D eigenvalue weighted by Gasteiger charge is 2.09. The number of H-pyrrole nitrogens is 1. The molecule has 4 aromatic rings. The fourth-order valence-electron chi connectivity index (χ4n) is 2.46. The Bertz CT molecular complexity index is 937. The molecule has 0 saturated carbocycles. The van der Waals surface area contributed by atoms with Crippen LogP contribution in [0.3, 0.4) is 0 Å². The van der Waals surface area contributed by atoms with Crippen molar-refractivity contribution >= 4 is 28.3 Å². The van der Waals surface area contributed by atoms with Crippen LogP contribution in [0.5, 0.6) is 0 Å². The summed E-state index contributed by atoms with van der Waals surface area (Å²) in [6, 6.07) is 11.7. The predicted molar refractivity (Wildman–Crippen MR) is 93.1 cm³/mol. The lowest BCUT2D eigenvalue weighted by Gasteiger charge is -2.01. The molecule has 3 heterocycles. The van der Waals surface area contributed by atoms with Crippen LogP contribution < -0.4 is 5.32 Å². The number of aromatic amines is 1. The summed E-state index contributed by atoms with van der Waals surface area (Å²) in [7, 11) is 0. The second-order valence-corrected chi connectivity index (χ2v) is 6.20. The molecule has 0 fully saturated rings. The van der Waals surface area contributed by atoms with E-state index in [1.807, 2.05) is 58.7 Å². The van der Waals surface area contributed by atoms with Gasteiger partial charge in [0.25, 0.3) is 0 Å². The Morgan fingerprint density at radius 3 is 2.83 bits per heavy atom. The lowest BCUT2D eigenvalue weighted by atomic mass is 10.3. The third-order valence-corrected chi connectivity index (χ3v) is 4.50. The first kappa shape index (κ1) is 14.6. The van der Waals surface area contributed by atoms with Crippen LogP contribution in [0.15, 0.2) is 54.2 Å². The Morgan fingerprint density at radius 2 is 2.00 bits per heavy atom. The summed E-state index contributed by atoms with van der Waals surface area (Å²) in [5.41, 5.74) is 2.64. The lowest BCUT2D eigenvalue weighted by molar-refractivity contribution is -0.120. The van der Waals surface area contributed by atoms with E-state index >= 15 is 0 Å². The molecule has 0 bridgehead atoms. The Balaban J connectivity index is 1.36. The number of imidazole rings is 1. The summed E-state index contributed by atoms with van der Waals surface area (Å²) in [5, 5.41) is 5.65. The molecule has 0 atom stereocenters. The van der Waals surface area contributed by atoms with Crippen molar-refractivity contribution in [2.75, 3.05) is 0 Å². The molecule has 120 valence electrons. The average molecular weight is 337 g/mol. The number of hydrogen-bond donors (Lipinski definition) is 2. The number of hydrogen-bond acceptors (Lipinski definition) is 4. The van der Waals surface area contributed by atoms with Gasteiger partial charge >= 0.3 is 0 Å². The van der Waals surface area contributed by atoms with Crippen LogP contribution in [0, 0.1) is 0 Å². The van der Waals surface area contributed by atoms with Crippen LogP contribution >= 0.6 is 11.3 Å². The normalized spacial score (nSPS) is 11.0. The minimum absolute atomic E-state index is 0.0696. The van der Waals surface area contributed by atoms with Gasteiger partial charge in [-0.2, -0.15) is 0 Å². The van der Waals surface area contributed by atoms with Gasteiger partial charge in [-0.3, -0.25) is 4.79 Å². The molecule has 1 aromatic carbocycles. The number of amides is 1. The molecule has 3 aromatic heterocycles. The second kappa shape index (κ2) is 6.29. The Morgan fingerprint density at radius 1 is 1.17 bits per heavy atom. The van der Waals surface area contributed by atoms with E-state index < -0.39 is 0 Å². The smallest absolute Gasteiger partial charge is 0.226 e. The molecule has 4 rings (SSSR count). The van der Waals surface area contributed by atoms with Crippen molar-refractivity contribution in [3.63, 3.8) is 0 Å². The van der Waals surface area contributed by atoms with E-state index in [1.54, 1.807) is 0 Å². The summed E-state index contributed by atoms with van der Waals surface area (Å²) in [6.45, 7) is 0.377. The Kier molecular flexibility index (Phi) is 3.84. The lowest BCUT2D eigenvalue weighted by Crippen LogP contribution is -2.25. The number of carbonyl (C=O) groups excluding carboxylic acids is 1. The number of thiazole rings is 1. The maximum atomic E-state index is 12.1. The van der Waals surface area contributed by atoms with Crippen molar-refractivity contribution < 1.29 is 4.79 Å². The number of para-hydroxylation sites is 2. The highest BCUT2D eigenvalue weighted by molar-refractivity contribution is 7.12. The molecular formula is C17H15N5OS. The van der Waals surface area contributed by atoms with Crippen molar-refractivity contribution in [1.29, 1.82) is 0 Å². The number of nitrogens with zero attached hydrogens (tertiary/aromatic N) is 3. The molecule has 24 heavy (non-hydrogen) atoms. The molecule has 0 spiro atoms. The van der Waals surface area contributed by atoms with E-state index in [2.05, 4.69) is 20.3 Å². The fourth-order valence-corrected chi connectivity index (χ4v) is 3.25. The zero-order chi connectivity index (χ0) is 16.4. The van der Waals surface area contributed by atoms with E-state index in [0.29, 0.717) is 6.54 Å². The standard InChI is InChI=1S/C17H15N5OS/c23-16(9-12-11-24-17(19-12)22-7-3-4-8-22)18-10-15-20-13-5-1-2-6-14(13)21-15/h1-8,11H,9-10H2,(H,18,23)(H,20,21). The zero-order valence-electron chi connectivity index (χ0n) is 12.8. The predicted octanol–water partition coefficient (Wildman–Crippen LogP) is 2.67. The van der Waals surface area contributed by atoms with Crippen LogP contribution in [-0.4, -0.2) is 25.4 Å². The number of rotatable bonds is 5. The second-order valence-electron chi connectivity index (χ2n) is 5.37. The van der Waals surface area contributed by atoms with Crippen molar-refractivity contribution in [2.45, 2.75) is 13.0 Å². The van der Waals surface area contributed by atoms with Gasteiger partial charge in [0.05, 0.1) is 29.7 Å². The monoisotopic (exact) mass is 337 g/mol. The third kappa shape index (κ3) is 3.07. The number of carbonyl (C=O) groups is 1. The van der Waals surface area contributed by atoms with E-state index in [9.17, 15) is 4.79 Å². The first-order chi connectivity index (χ1) is 11.8. The third-order valence-electron chi connectivity index (χ3n) is 3.60. The van der Waals surface area contributed by atoms with Crippen LogP contribution in [0.25, 0.3) is 16.2 Å². The zero-order valence-corrected chi connectivity index (χ0v) is 13.6. The molecule has 0 aliphatic carbocycles. The van der Waals surface area contributed by atoms with Crippen LogP contribution in [0.2, 0.25) is 0 Å². The largest absolute Gasteiger partial charge is 0.349 e. The highest BCUT2D eigenvalue weighted by atomic mass is 32.1. The Labute approximate surface area is 142 Å². The van der Waals surface area contributed by atoms with Gasteiger partial charge in [0.1, 0.15) is 5.82 Å². The highest BCUT2D eigenvalue weighted by Crippen LogP contribution is 2.15. The summed E-state index contributed by atoms with van der Waals surface area (Å²) < 4.78 is 1.93. The number of nitrogens with one attached hydrogen (secondary N) is 2. The average Bonchev–Trinajstić information content (AvgIpc) is 3.32. The van der Waals surface area contributed by atoms with Crippen molar-refractivity contribution in [2.24, 2.45) is 0 Å². The van der Waals surface area contributed by atoms with Crippen LogP contribution in [-0.2, 0) is 17.8 Å². The molecule has 1 amide bonds. The summed E-state index contributed by atoms with van der Waals surface area (Å²) in [6.07, 6.45) is 4.13.